The van der Waals surface area contributed by atoms with Gasteiger partial charge in [-0.2, -0.15) is 0 Å². The largest absolute Gasteiger partial charge is 0.508 e. The Labute approximate surface area is 169 Å². The van der Waals surface area contributed by atoms with E-state index >= 15 is 0 Å². The van der Waals surface area contributed by atoms with E-state index in [0.29, 0.717) is 41.8 Å². The van der Waals surface area contributed by atoms with Crippen molar-refractivity contribution in [1.29, 1.82) is 0 Å². The van der Waals surface area contributed by atoms with E-state index in [1.165, 1.54) is 24.0 Å². The zero-order chi connectivity index (χ0) is 19.7. The number of aliphatic hydroxyl groups is 2. The Balaban J connectivity index is 1.57. The van der Waals surface area contributed by atoms with E-state index in [4.69, 9.17) is 0 Å². The Morgan fingerprint density at radius 2 is 2.00 bits per heavy atom. The Hall–Kier alpha value is -1.06. The lowest BCUT2D eigenvalue weighted by atomic mass is 9.49. The molecular formula is C25H36O3. The van der Waals surface area contributed by atoms with Crippen molar-refractivity contribution < 1.29 is 15.3 Å². The van der Waals surface area contributed by atoms with E-state index in [0.717, 1.165) is 38.5 Å². The highest BCUT2D eigenvalue weighted by molar-refractivity contribution is 5.41. The maximum absolute atomic E-state index is 11.9. The van der Waals surface area contributed by atoms with Crippen LogP contribution in [0.5, 0.6) is 5.75 Å². The van der Waals surface area contributed by atoms with Crippen molar-refractivity contribution in [2.24, 2.45) is 29.1 Å². The number of phenols is 1. The fourth-order valence-corrected chi connectivity index (χ4v) is 8.31. The first-order valence-corrected chi connectivity index (χ1v) is 11.6. The maximum Gasteiger partial charge on any atom is 0.115 e. The maximum atomic E-state index is 11.9. The average Bonchev–Trinajstić information content (AvgIpc) is 2.88. The van der Waals surface area contributed by atoms with Gasteiger partial charge in [-0.3, -0.25) is 0 Å². The molecule has 1 aromatic carbocycles. The molecule has 0 saturated heterocycles. The minimum Gasteiger partial charge on any atom is -0.508 e. The molecule has 28 heavy (non-hydrogen) atoms. The van der Waals surface area contributed by atoms with Crippen molar-refractivity contribution in [2.75, 3.05) is 0 Å². The van der Waals surface area contributed by atoms with Crippen LogP contribution >= 0.6 is 0 Å². The number of aliphatic hydroxyl groups excluding tert-OH is 1. The van der Waals surface area contributed by atoms with E-state index < -0.39 is 5.60 Å². The van der Waals surface area contributed by atoms with Crippen LogP contribution in [0.15, 0.2) is 18.2 Å². The Morgan fingerprint density at radius 3 is 2.79 bits per heavy atom. The molecule has 0 amide bonds. The molecule has 8 atom stereocenters. The predicted molar refractivity (Wildman–Crippen MR) is 110 cm³/mol. The molecule has 4 aliphatic rings. The molecule has 3 nitrogen and oxygen atoms in total. The predicted octanol–water partition coefficient (Wildman–Crippen LogP) is 4.78. The van der Waals surface area contributed by atoms with Gasteiger partial charge in [0.1, 0.15) is 5.75 Å². The molecule has 0 heterocycles. The summed E-state index contributed by atoms with van der Waals surface area (Å²) in [6.07, 6.45) is 8.87. The molecule has 3 saturated carbocycles. The minimum absolute atomic E-state index is 0.0688. The van der Waals surface area contributed by atoms with Crippen molar-refractivity contribution >= 4 is 0 Å². The van der Waals surface area contributed by atoms with Crippen LogP contribution in [0, 0.1) is 29.1 Å². The second kappa shape index (κ2) is 6.47. The molecule has 3 heteroatoms. The molecule has 0 aliphatic heterocycles. The number of fused-ring (bicyclic) bond motifs is 7. The third kappa shape index (κ3) is 2.48. The molecule has 4 aliphatic carbocycles. The Bertz CT molecular complexity index is 760. The molecule has 1 aromatic rings. The van der Waals surface area contributed by atoms with E-state index in [9.17, 15) is 15.3 Å². The van der Waals surface area contributed by atoms with Gasteiger partial charge in [-0.05, 0) is 96.8 Å². The smallest absolute Gasteiger partial charge is 0.115 e. The number of benzene rings is 1. The van der Waals surface area contributed by atoms with E-state index in [1.807, 2.05) is 12.1 Å². The summed E-state index contributed by atoms with van der Waals surface area (Å²) < 4.78 is 0. The number of rotatable bonds is 2. The summed E-state index contributed by atoms with van der Waals surface area (Å²) in [4.78, 5) is 0. The van der Waals surface area contributed by atoms with Crippen LogP contribution in [0.1, 0.15) is 82.3 Å². The van der Waals surface area contributed by atoms with Gasteiger partial charge in [0.05, 0.1) is 11.7 Å². The van der Waals surface area contributed by atoms with Crippen LogP contribution in [-0.2, 0) is 6.42 Å². The molecule has 3 N–H and O–H groups in total. The highest BCUT2D eigenvalue weighted by Gasteiger charge is 2.67. The third-order valence-corrected chi connectivity index (χ3v) is 9.53. The molecule has 154 valence electrons. The summed E-state index contributed by atoms with van der Waals surface area (Å²) >= 11 is 0. The fraction of sp³-hybridized carbons (Fsp3) is 0.760. The Morgan fingerprint density at radius 1 is 1.18 bits per heavy atom. The molecule has 3 fully saturated rings. The number of hydrogen-bond donors (Lipinski definition) is 3. The van der Waals surface area contributed by atoms with Crippen molar-refractivity contribution in [3.05, 3.63) is 29.3 Å². The topological polar surface area (TPSA) is 60.7 Å². The second-order valence-electron chi connectivity index (χ2n) is 10.7. The number of phenolic OH excluding ortho intramolecular Hbond substituents is 1. The molecule has 5 rings (SSSR count). The number of hydrogen-bond acceptors (Lipinski definition) is 3. The highest BCUT2D eigenvalue weighted by atomic mass is 16.3. The summed E-state index contributed by atoms with van der Waals surface area (Å²) in [6, 6.07) is 6.04. The Kier molecular flexibility index (Phi) is 4.38. The SMILES string of the molecule is CCC[C@@H]1Cc2cc(O)ccc2C2CC[C@@]3(C)C(C[C@H]4CC[C@H](O)C[C@]43O)C21. The van der Waals surface area contributed by atoms with E-state index in [2.05, 4.69) is 19.9 Å². The van der Waals surface area contributed by atoms with E-state index in [1.54, 1.807) is 0 Å². The summed E-state index contributed by atoms with van der Waals surface area (Å²) in [6.45, 7) is 4.63. The average molecular weight is 385 g/mol. The zero-order valence-electron chi connectivity index (χ0n) is 17.4. The summed E-state index contributed by atoms with van der Waals surface area (Å²) in [5, 5.41) is 32.3. The molecule has 0 radical (unpaired) electrons. The second-order valence-corrected chi connectivity index (χ2v) is 10.7. The van der Waals surface area contributed by atoms with Gasteiger partial charge in [-0.15, -0.1) is 0 Å². The first-order chi connectivity index (χ1) is 13.4. The highest BCUT2D eigenvalue weighted by Crippen LogP contribution is 2.69. The quantitative estimate of drug-likeness (QED) is 0.688. The molecule has 3 unspecified atom stereocenters. The zero-order valence-corrected chi connectivity index (χ0v) is 17.4. The lowest BCUT2D eigenvalue weighted by molar-refractivity contribution is -0.160. The van der Waals surface area contributed by atoms with Crippen molar-refractivity contribution in [2.45, 2.75) is 89.3 Å². The van der Waals surface area contributed by atoms with Crippen LogP contribution < -0.4 is 0 Å². The van der Waals surface area contributed by atoms with Crippen LogP contribution in [-0.4, -0.2) is 27.0 Å². The van der Waals surface area contributed by atoms with Gasteiger partial charge in [0.25, 0.3) is 0 Å². The first kappa shape index (κ1) is 18.9. The monoisotopic (exact) mass is 384 g/mol. The molecule has 0 bridgehead atoms. The molecule has 0 aromatic heterocycles. The minimum atomic E-state index is -0.688. The van der Waals surface area contributed by atoms with Gasteiger partial charge in [0.15, 0.2) is 0 Å². The van der Waals surface area contributed by atoms with Crippen LogP contribution in [0.3, 0.4) is 0 Å². The lowest BCUT2D eigenvalue weighted by Crippen LogP contribution is -2.56. The van der Waals surface area contributed by atoms with Crippen molar-refractivity contribution in [1.82, 2.24) is 0 Å². The van der Waals surface area contributed by atoms with Crippen molar-refractivity contribution in [3.8, 4) is 5.75 Å². The standard InChI is InChI=1S/C25H36O3/c1-3-4-15-11-16-12-18(26)7-8-20(16)21-9-10-24(2)22(23(15)21)13-17-5-6-19(27)14-25(17,24)28/h7-8,12,15,17,19,21-23,26-28H,3-6,9-11,13-14H2,1-2H3/t15-,17-,19+,21?,22?,23?,24+,25+/m1/s1. The van der Waals surface area contributed by atoms with Gasteiger partial charge in [-0.1, -0.05) is 32.8 Å². The first-order valence-electron chi connectivity index (χ1n) is 11.6. The van der Waals surface area contributed by atoms with Gasteiger partial charge in [-0.25, -0.2) is 0 Å². The third-order valence-electron chi connectivity index (χ3n) is 9.53. The van der Waals surface area contributed by atoms with Crippen molar-refractivity contribution in [3.63, 3.8) is 0 Å². The molecular weight excluding hydrogens is 348 g/mol. The lowest BCUT2D eigenvalue weighted by Gasteiger charge is -2.56. The fourth-order valence-electron chi connectivity index (χ4n) is 8.31. The van der Waals surface area contributed by atoms with Gasteiger partial charge in [0, 0.05) is 6.42 Å². The van der Waals surface area contributed by atoms with Crippen LogP contribution in [0.4, 0.5) is 0 Å². The van der Waals surface area contributed by atoms with E-state index in [-0.39, 0.29) is 11.5 Å². The summed E-state index contributed by atoms with van der Waals surface area (Å²) in [7, 11) is 0. The van der Waals surface area contributed by atoms with Gasteiger partial charge < -0.3 is 15.3 Å². The van der Waals surface area contributed by atoms with Gasteiger partial charge in [0.2, 0.25) is 0 Å². The van der Waals surface area contributed by atoms with Crippen LogP contribution in [0.25, 0.3) is 0 Å². The normalized spacial score (nSPS) is 47.0. The van der Waals surface area contributed by atoms with Crippen LogP contribution in [0.2, 0.25) is 0 Å². The number of aromatic hydroxyl groups is 1. The summed E-state index contributed by atoms with van der Waals surface area (Å²) in [5.74, 6) is 3.12. The van der Waals surface area contributed by atoms with Gasteiger partial charge >= 0.3 is 0 Å². The summed E-state index contributed by atoms with van der Waals surface area (Å²) in [5.41, 5.74) is 2.05. The molecule has 0 spiro atoms.